The van der Waals surface area contributed by atoms with Crippen molar-refractivity contribution in [3.8, 4) is 5.75 Å². The van der Waals surface area contributed by atoms with Crippen LogP contribution >= 0.6 is 31.9 Å². The molecule has 8 heteroatoms. The highest BCUT2D eigenvalue weighted by Gasteiger charge is 2.08. The van der Waals surface area contributed by atoms with Crippen LogP contribution in [0, 0.1) is 0 Å². The smallest absolute Gasteiger partial charge is 0.341 e. The lowest BCUT2D eigenvalue weighted by Crippen LogP contribution is -2.18. The van der Waals surface area contributed by atoms with E-state index in [4.69, 9.17) is 9.84 Å². The fraction of sp³-hybridized carbons (Fsp3) is 0.0625. The van der Waals surface area contributed by atoms with Crippen molar-refractivity contribution < 1.29 is 19.4 Å². The SMILES string of the molecule is O=C(O)COc1ccc(/C=N\NC(=O)c2ccccc2Br)cc1Br. The van der Waals surface area contributed by atoms with Crippen molar-refractivity contribution in [2.45, 2.75) is 0 Å². The number of hydrazone groups is 1. The van der Waals surface area contributed by atoms with Crippen molar-refractivity contribution in [3.63, 3.8) is 0 Å². The van der Waals surface area contributed by atoms with Crippen molar-refractivity contribution >= 4 is 50.0 Å². The molecule has 0 unspecified atom stereocenters. The fourth-order valence-corrected chi connectivity index (χ4v) is 2.70. The van der Waals surface area contributed by atoms with E-state index in [9.17, 15) is 9.59 Å². The van der Waals surface area contributed by atoms with Gasteiger partial charge >= 0.3 is 5.97 Å². The summed E-state index contributed by atoms with van der Waals surface area (Å²) < 4.78 is 6.37. The molecule has 0 atom stereocenters. The summed E-state index contributed by atoms with van der Waals surface area (Å²) >= 11 is 6.59. The third kappa shape index (κ3) is 5.17. The first kappa shape index (κ1) is 18.2. The van der Waals surface area contributed by atoms with Gasteiger partial charge < -0.3 is 9.84 Å². The highest BCUT2D eigenvalue weighted by molar-refractivity contribution is 9.10. The Morgan fingerprint density at radius 1 is 1.17 bits per heavy atom. The maximum absolute atomic E-state index is 12.0. The molecule has 0 aliphatic carbocycles. The first-order valence-electron chi connectivity index (χ1n) is 6.69. The Hall–Kier alpha value is -2.19. The third-order valence-corrected chi connectivity index (χ3v) is 4.12. The molecule has 2 rings (SSSR count). The highest BCUT2D eigenvalue weighted by atomic mass is 79.9. The first-order valence-corrected chi connectivity index (χ1v) is 8.28. The zero-order valence-corrected chi connectivity index (χ0v) is 15.4. The predicted molar refractivity (Wildman–Crippen MR) is 96.5 cm³/mol. The predicted octanol–water partition coefficient (Wildman–Crippen LogP) is 3.44. The van der Waals surface area contributed by atoms with Crippen molar-refractivity contribution in [3.05, 3.63) is 62.5 Å². The second-order valence-corrected chi connectivity index (χ2v) is 6.26. The molecule has 0 saturated carbocycles. The van der Waals surface area contributed by atoms with E-state index in [1.54, 1.807) is 36.4 Å². The van der Waals surface area contributed by atoms with Gasteiger partial charge in [0.05, 0.1) is 16.3 Å². The Morgan fingerprint density at radius 3 is 2.58 bits per heavy atom. The molecule has 2 N–H and O–H groups in total. The Morgan fingerprint density at radius 2 is 1.92 bits per heavy atom. The largest absolute Gasteiger partial charge is 0.481 e. The van der Waals surface area contributed by atoms with Crippen LogP contribution in [0.5, 0.6) is 5.75 Å². The molecular formula is C16H12Br2N2O4. The Balaban J connectivity index is 1.99. The van der Waals surface area contributed by atoms with Gasteiger partial charge in [-0.25, -0.2) is 10.2 Å². The Bertz CT molecular complexity index is 793. The minimum atomic E-state index is -1.05. The summed E-state index contributed by atoms with van der Waals surface area (Å²) in [5.74, 6) is -0.978. The standard InChI is InChI=1S/C16H12Br2N2O4/c17-12-4-2-1-3-11(12)16(23)20-19-8-10-5-6-14(13(18)7-10)24-9-15(21)22/h1-8H,9H2,(H,20,23)(H,21,22)/b19-8-. The van der Waals surface area contributed by atoms with Gasteiger partial charge in [-0.2, -0.15) is 5.10 Å². The second kappa shape index (κ2) is 8.60. The van der Waals surface area contributed by atoms with E-state index in [2.05, 4.69) is 42.4 Å². The van der Waals surface area contributed by atoms with Gasteiger partial charge in [0.2, 0.25) is 0 Å². The van der Waals surface area contributed by atoms with Crippen LogP contribution in [0.1, 0.15) is 15.9 Å². The molecule has 0 heterocycles. The topological polar surface area (TPSA) is 88.0 Å². The number of nitrogens with one attached hydrogen (secondary N) is 1. The van der Waals surface area contributed by atoms with Gasteiger partial charge in [0.25, 0.3) is 5.91 Å². The summed E-state index contributed by atoms with van der Waals surface area (Å²) in [6.45, 7) is -0.423. The minimum absolute atomic E-state index is 0.334. The van der Waals surface area contributed by atoms with Gasteiger partial charge in [-0.3, -0.25) is 4.79 Å². The van der Waals surface area contributed by atoms with Crippen molar-refractivity contribution in [2.75, 3.05) is 6.61 Å². The average Bonchev–Trinajstić information content (AvgIpc) is 2.54. The molecule has 0 radical (unpaired) electrons. The second-order valence-electron chi connectivity index (χ2n) is 4.55. The summed E-state index contributed by atoms with van der Waals surface area (Å²) in [5.41, 5.74) is 3.62. The first-order chi connectivity index (χ1) is 11.5. The number of ether oxygens (including phenoxy) is 1. The molecule has 0 saturated heterocycles. The lowest BCUT2D eigenvalue weighted by Gasteiger charge is -2.06. The van der Waals surface area contributed by atoms with E-state index in [1.165, 1.54) is 6.21 Å². The quantitative estimate of drug-likeness (QED) is 0.515. The minimum Gasteiger partial charge on any atom is -0.481 e. The third-order valence-electron chi connectivity index (χ3n) is 2.81. The van der Waals surface area contributed by atoms with Crippen LogP contribution in [0.2, 0.25) is 0 Å². The average molecular weight is 456 g/mol. The maximum atomic E-state index is 12.0. The van der Waals surface area contributed by atoms with Crippen molar-refractivity contribution in [2.24, 2.45) is 5.10 Å². The molecule has 2 aromatic carbocycles. The summed E-state index contributed by atoms with van der Waals surface area (Å²) in [5, 5.41) is 12.5. The number of carboxylic acids is 1. The van der Waals surface area contributed by atoms with Crippen molar-refractivity contribution in [1.82, 2.24) is 5.43 Å². The van der Waals surface area contributed by atoms with E-state index in [0.717, 1.165) is 0 Å². The highest BCUT2D eigenvalue weighted by Crippen LogP contribution is 2.25. The molecule has 1 amide bonds. The molecule has 2 aromatic rings. The van der Waals surface area contributed by atoms with Crippen LogP contribution in [0.4, 0.5) is 0 Å². The van der Waals surface area contributed by atoms with E-state index >= 15 is 0 Å². The van der Waals surface area contributed by atoms with E-state index in [1.807, 2.05) is 6.07 Å². The number of carboxylic acid groups (broad SMARTS) is 1. The number of benzene rings is 2. The number of hydrogen-bond donors (Lipinski definition) is 2. The zero-order valence-electron chi connectivity index (χ0n) is 12.2. The van der Waals surface area contributed by atoms with Gasteiger partial charge in [0.15, 0.2) is 6.61 Å². The molecule has 0 aliphatic heterocycles. The van der Waals surface area contributed by atoms with Crippen LogP contribution in [0.25, 0.3) is 0 Å². The molecule has 6 nitrogen and oxygen atoms in total. The van der Waals surface area contributed by atoms with Crippen LogP contribution < -0.4 is 10.2 Å². The Kier molecular flexibility index (Phi) is 6.51. The molecule has 0 aliphatic rings. The molecular weight excluding hydrogens is 444 g/mol. The van der Waals surface area contributed by atoms with Gasteiger partial charge in [0.1, 0.15) is 5.75 Å². The van der Waals surface area contributed by atoms with Gasteiger partial charge in [-0.15, -0.1) is 0 Å². The van der Waals surface area contributed by atoms with E-state index < -0.39 is 12.6 Å². The number of rotatable bonds is 6. The van der Waals surface area contributed by atoms with Gasteiger partial charge in [-0.05, 0) is 67.8 Å². The summed E-state index contributed by atoms with van der Waals surface area (Å²) in [6.07, 6.45) is 1.47. The van der Waals surface area contributed by atoms with Crippen LogP contribution in [-0.4, -0.2) is 29.8 Å². The number of carbonyl (C=O) groups excluding carboxylic acids is 1. The maximum Gasteiger partial charge on any atom is 0.341 e. The molecule has 0 fully saturated rings. The molecule has 0 bridgehead atoms. The van der Waals surface area contributed by atoms with Crippen LogP contribution in [0.3, 0.4) is 0 Å². The Labute approximate surface area is 154 Å². The zero-order chi connectivity index (χ0) is 17.5. The van der Waals surface area contributed by atoms with E-state index in [0.29, 0.717) is 25.8 Å². The number of halogens is 2. The number of aliphatic carboxylic acids is 1. The molecule has 124 valence electrons. The monoisotopic (exact) mass is 454 g/mol. The number of carbonyl (C=O) groups is 2. The van der Waals surface area contributed by atoms with Crippen molar-refractivity contribution in [1.29, 1.82) is 0 Å². The lowest BCUT2D eigenvalue weighted by molar-refractivity contribution is -0.139. The molecule has 24 heavy (non-hydrogen) atoms. The van der Waals surface area contributed by atoms with Crippen LogP contribution in [0.15, 0.2) is 56.5 Å². The summed E-state index contributed by atoms with van der Waals surface area (Å²) in [7, 11) is 0. The fourth-order valence-electron chi connectivity index (χ4n) is 1.72. The lowest BCUT2D eigenvalue weighted by atomic mass is 10.2. The van der Waals surface area contributed by atoms with Gasteiger partial charge in [-0.1, -0.05) is 12.1 Å². The molecule has 0 aromatic heterocycles. The molecule has 0 spiro atoms. The van der Waals surface area contributed by atoms with E-state index in [-0.39, 0.29) is 5.91 Å². The normalized spacial score (nSPS) is 10.6. The van der Waals surface area contributed by atoms with Gasteiger partial charge in [0, 0.05) is 4.47 Å². The number of amides is 1. The number of nitrogens with zero attached hydrogens (tertiary/aromatic N) is 1. The summed E-state index contributed by atoms with van der Waals surface area (Å²) in [6, 6.07) is 12.0. The summed E-state index contributed by atoms with van der Waals surface area (Å²) in [4.78, 5) is 22.5. The number of hydrogen-bond acceptors (Lipinski definition) is 4. The van der Waals surface area contributed by atoms with Crippen LogP contribution in [-0.2, 0) is 4.79 Å².